The van der Waals surface area contributed by atoms with Crippen molar-refractivity contribution in [2.45, 2.75) is 26.8 Å². The SMILES string of the molecule is CC(C)(C)[C@H](CO)Nc1ccc(Br)cc1[N+](=O)[O-]. The van der Waals surface area contributed by atoms with Gasteiger partial charge in [0.05, 0.1) is 17.6 Å². The average molecular weight is 317 g/mol. The van der Waals surface area contributed by atoms with E-state index in [0.717, 1.165) is 0 Å². The molecule has 0 spiro atoms. The van der Waals surface area contributed by atoms with Crippen molar-refractivity contribution in [1.82, 2.24) is 0 Å². The molecule has 0 fully saturated rings. The van der Waals surface area contributed by atoms with E-state index in [2.05, 4.69) is 21.2 Å². The number of hydrogen-bond donors (Lipinski definition) is 2. The van der Waals surface area contributed by atoms with Crippen LogP contribution >= 0.6 is 15.9 Å². The molecule has 0 aliphatic carbocycles. The molecule has 0 aliphatic rings. The van der Waals surface area contributed by atoms with E-state index in [4.69, 9.17) is 0 Å². The molecule has 5 nitrogen and oxygen atoms in total. The zero-order valence-corrected chi connectivity index (χ0v) is 12.2. The molecule has 1 aromatic carbocycles. The number of aliphatic hydroxyl groups excluding tert-OH is 1. The summed E-state index contributed by atoms with van der Waals surface area (Å²) in [6, 6.07) is 4.56. The summed E-state index contributed by atoms with van der Waals surface area (Å²) in [5, 5.41) is 23.4. The summed E-state index contributed by atoms with van der Waals surface area (Å²) in [6.45, 7) is 5.81. The van der Waals surface area contributed by atoms with E-state index in [9.17, 15) is 15.2 Å². The summed E-state index contributed by atoms with van der Waals surface area (Å²) in [5.41, 5.74) is 0.208. The molecule has 18 heavy (non-hydrogen) atoms. The molecule has 0 heterocycles. The highest BCUT2D eigenvalue weighted by Gasteiger charge is 2.26. The largest absolute Gasteiger partial charge is 0.394 e. The van der Waals surface area contributed by atoms with Crippen LogP contribution in [0.3, 0.4) is 0 Å². The van der Waals surface area contributed by atoms with Gasteiger partial charge in [0, 0.05) is 10.5 Å². The van der Waals surface area contributed by atoms with Crippen LogP contribution in [-0.4, -0.2) is 22.7 Å². The van der Waals surface area contributed by atoms with Crippen molar-refractivity contribution < 1.29 is 10.0 Å². The lowest BCUT2D eigenvalue weighted by Crippen LogP contribution is -2.37. The predicted octanol–water partition coefficient (Wildman–Crippen LogP) is 3.18. The van der Waals surface area contributed by atoms with Gasteiger partial charge in [-0.1, -0.05) is 36.7 Å². The van der Waals surface area contributed by atoms with Gasteiger partial charge in [-0.2, -0.15) is 0 Å². The number of nitrogens with one attached hydrogen (secondary N) is 1. The number of hydrogen-bond acceptors (Lipinski definition) is 4. The normalized spacial score (nSPS) is 13.2. The molecule has 0 aromatic heterocycles. The first kappa shape index (κ1) is 14.9. The Kier molecular flexibility index (Phi) is 4.70. The van der Waals surface area contributed by atoms with Crippen molar-refractivity contribution in [3.8, 4) is 0 Å². The lowest BCUT2D eigenvalue weighted by Gasteiger charge is -2.30. The van der Waals surface area contributed by atoms with Gasteiger partial charge in [-0.15, -0.1) is 0 Å². The van der Waals surface area contributed by atoms with Crippen LogP contribution in [0, 0.1) is 15.5 Å². The first-order valence-corrected chi connectivity index (χ1v) is 6.36. The number of aliphatic hydroxyl groups is 1. The molecule has 0 saturated carbocycles. The summed E-state index contributed by atoms with van der Waals surface area (Å²) >= 11 is 3.21. The van der Waals surface area contributed by atoms with Crippen molar-refractivity contribution in [3.63, 3.8) is 0 Å². The minimum absolute atomic E-state index is 0.00734. The molecule has 2 N–H and O–H groups in total. The van der Waals surface area contributed by atoms with Crippen molar-refractivity contribution >= 4 is 27.3 Å². The molecule has 1 atom stereocenters. The molecule has 0 saturated heterocycles. The van der Waals surface area contributed by atoms with E-state index in [1.165, 1.54) is 6.07 Å². The van der Waals surface area contributed by atoms with E-state index in [1.807, 2.05) is 20.8 Å². The number of nitrogens with zero attached hydrogens (tertiary/aromatic N) is 1. The summed E-state index contributed by atoms with van der Waals surface area (Å²) in [6.07, 6.45) is 0. The first-order valence-electron chi connectivity index (χ1n) is 5.57. The van der Waals surface area contributed by atoms with Crippen LogP contribution in [0.2, 0.25) is 0 Å². The van der Waals surface area contributed by atoms with E-state index in [0.29, 0.717) is 10.2 Å². The third-order valence-electron chi connectivity index (χ3n) is 2.71. The summed E-state index contributed by atoms with van der Waals surface area (Å²) in [4.78, 5) is 10.5. The van der Waals surface area contributed by atoms with E-state index >= 15 is 0 Å². The maximum atomic E-state index is 11.0. The maximum absolute atomic E-state index is 11.0. The van der Waals surface area contributed by atoms with E-state index < -0.39 is 4.92 Å². The van der Waals surface area contributed by atoms with Gasteiger partial charge in [0.25, 0.3) is 5.69 Å². The van der Waals surface area contributed by atoms with Gasteiger partial charge in [-0.3, -0.25) is 10.1 Å². The van der Waals surface area contributed by atoms with E-state index in [-0.39, 0.29) is 23.8 Å². The van der Waals surface area contributed by atoms with Gasteiger partial charge in [-0.25, -0.2) is 0 Å². The van der Waals surface area contributed by atoms with Gasteiger partial charge < -0.3 is 10.4 Å². The second kappa shape index (κ2) is 5.67. The molecule has 0 bridgehead atoms. The highest BCUT2D eigenvalue weighted by Crippen LogP contribution is 2.31. The monoisotopic (exact) mass is 316 g/mol. The summed E-state index contributed by atoms with van der Waals surface area (Å²) < 4.78 is 0.649. The highest BCUT2D eigenvalue weighted by molar-refractivity contribution is 9.10. The first-order chi connectivity index (χ1) is 8.25. The maximum Gasteiger partial charge on any atom is 0.293 e. The third-order valence-corrected chi connectivity index (χ3v) is 3.21. The highest BCUT2D eigenvalue weighted by atomic mass is 79.9. The zero-order chi connectivity index (χ0) is 13.9. The third kappa shape index (κ3) is 3.68. The summed E-state index contributed by atoms with van der Waals surface area (Å²) in [7, 11) is 0. The molecule has 0 unspecified atom stereocenters. The Labute approximate surface area is 114 Å². The molecule has 1 aromatic rings. The van der Waals surface area contributed by atoms with Gasteiger partial charge in [0.15, 0.2) is 0 Å². The van der Waals surface area contributed by atoms with Crippen LogP contribution in [0.5, 0.6) is 0 Å². The average Bonchev–Trinajstić information content (AvgIpc) is 2.25. The molecule has 100 valence electrons. The molecule has 0 radical (unpaired) electrons. The second-order valence-electron chi connectivity index (χ2n) is 5.16. The second-order valence-corrected chi connectivity index (χ2v) is 6.08. The van der Waals surface area contributed by atoms with Gasteiger partial charge >= 0.3 is 0 Å². The van der Waals surface area contributed by atoms with Crippen LogP contribution in [-0.2, 0) is 0 Å². The minimum atomic E-state index is -0.440. The fourth-order valence-corrected chi connectivity index (χ4v) is 1.85. The van der Waals surface area contributed by atoms with Crippen LogP contribution in [0.25, 0.3) is 0 Å². The molecule has 0 aliphatic heterocycles. The Morgan fingerprint density at radius 2 is 2.11 bits per heavy atom. The molecular weight excluding hydrogens is 300 g/mol. The smallest absolute Gasteiger partial charge is 0.293 e. The zero-order valence-electron chi connectivity index (χ0n) is 10.6. The van der Waals surface area contributed by atoms with Crippen LogP contribution in [0.4, 0.5) is 11.4 Å². The Hall–Kier alpha value is -1.14. The van der Waals surface area contributed by atoms with Gasteiger partial charge in [0.1, 0.15) is 5.69 Å². The number of anilines is 1. The Morgan fingerprint density at radius 3 is 2.56 bits per heavy atom. The lowest BCUT2D eigenvalue weighted by atomic mass is 9.87. The number of rotatable bonds is 4. The lowest BCUT2D eigenvalue weighted by molar-refractivity contribution is -0.384. The van der Waals surface area contributed by atoms with Crippen molar-refractivity contribution in [1.29, 1.82) is 0 Å². The number of nitro groups is 1. The quantitative estimate of drug-likeness (QED) is 0.660. The van der Waals surface area contributed by atoms with Gasteiger partial charge in [0.2, 0.25) is 0 Å². The minimum Gasteiger partial charge on any atom is -0.394 e. The Balaban J connectivity index is 3.07. The van der Waals surface area contributed by atoms with Crippen molar-refractivity contribution in [2.75, 3.05) is 11.9 Å². The fraction of sp³-hybridized carbons (Fsp3) is 0.500. The fourth-order valence-electron chi connectivity index (χ4n) is 1.50. The number of halogens is 1. The standard InChI is InChI=1S/C12H17BrN2O3/c1-12(2,3)11(7-16)14-9-5-4-8(13)6-10(9)15(17)18/h4-6,11,14,16H,7H2,1-3H3/t11-/m0/s1. The van der Waals surface area contributed by atoms with Crippen LogP contribution in [0.1, 0.15) is 20.8 Å². The molecule has 1 rings (SSSR count). The Bertz CT molecular complexity index is 443. The molecular formula is C12H17BrN2O3. The van der Waals surface area contributed by atoms with Crippen LogP contribution < -0.4 is 5.32 Å². The van der Waals surface area contributed by atoms with Crippen molar-refractivity contribution in [2.24, 2.45) is 5.41 Å². The number of benzene rings is 1. The molecule has 0 amide bonds. The molecule has 6 heteroatoms. The topological polar surface area (TPSA) is 75.4 Å². The van der Waals surface area contributed by atoms with Crippen LogP contribution in [0.15, 0.2) is 22.7 Å². The van der Waals surface area contributed by atoms with Crippen molar-refractivity contribution in [3.05, 3.63) is 32.8 Å². The van der Waals surface area contributed by atoms with E-state index in [1.54, 1.807) is 12.1 Å². The van der Waals surface area contributed by atoms with Gasteiger partial charge in [-0.05, 0) is 17.5 Å². The summed E-state index contributed by atoms with van der Waals surface area (Å²) in [5.74, 6) is 0. The Morgan fingerprint density at radius 1 is 1.50 bits per heavy atom. The predicted molar refractivity (Wildman–Crippen MR) is 74.7 cm³/mol. The number of nitro benzene ring substituents is 1.